The van der Waals surface area contributed by atoms with Gasteiger partial charge in [-0.05, 0) is 79.4 Å². The molecule has 1 saturated carbocycles. The van der Waals surface area contributed by atoms with Crippen molar-refractivity contribution in [3.05, 3.63) is 88.4 Å². The Morgan fingerprint density at radius 3 is 2.39 bits per heavy atom. The number of carbonyl (C=O) groups excluding carboxylic acids is 1. The molecule has 0 bridgehead atoms. The standard InChI is InChI=1S/C26H27ClN2O5S.ClH/c27-19-3-1-2-18(14-19)25(31)16-28-13-12-17-4-8-21(9-5-17)35(33,34)22-10-11-24(30)23(15-22)26(32)29-20-6-7-20;/h1-5,8-11,14-15,20,25,28,30-31H,6-7,12-13,16H2,(H,29,32);1H/t25-;/m1./s1. The molecule has 0 aromatic heterocycles. The van der Waals surface area contributed by atoms with E-state index >= 15 is 0 Å². The van der Waals surface area contributed by atoms with Crippen LogP contribution in [0.25, 0.3) is 0 Å². The monoisotopic (exact) mass is 550 g/mol. The van der Waals surface area contributed by atoms with Crippen molar-refractivity contribution in [1.82, 2.24) is 10.6 Å². The van der Waals surface area contributed by atoms with E-state index in [-0.39, 0.29) is 39.6 Å². The van der Waals surface area contributed by atoms with Gasteiger partial charge in [-0.2, -0.15) is 0 Å². The van der Waals surface area contributed by atoms with Gasteiger partial charge in [0.15, 0.2) is 0 Å². The summed E-state index contributed by atoms with van der Waals surface area (Å²) in [7, 11) is -3.86. The molecular weight excluding hydrogens is 523 g/mol. The summed E-state index contributed by atoms with van der Waals surface area (Å²) >= 11 is 5.96. The van der Waals surface area contributed by atoms with Crippen LogP contribution in [-0.4, -0.2) is 43.7 Å². The quantitative estimate of drug-likeness (QED) is 0.283. The van der Waals surface area contributed by atoms with Gasteiger partial charge >= 0.3 is 0 Å². The molecule has 1 fully saturated rings. The second-order valence-electron chi connectivity index (χ2n) is 8.60. The van der Waals surface area contributed by atoms with Crippen molar-refractivity contribution in [3.8, 4) is 5.75 Å². The molecule has 0 aliphatic heterocycles. The lowest BCUT2D eigenvalue weighted by Crippen LogP contribution is -2.25. The van der Waals surface area contributed by atoms with Gasteiger partial charge in [-0.3, -0.25) is 4.79 Å². The highest BCUT2D eigenvalue weighted by Crippen LogP contribution is 2.28. The van der Waals surface area contributed by atoms with Gasteiger partial charge in [0.05, 0.1) is 21.5 Å². The molecule has 3 aromatic carbocycles. The Hall–Kier alpha value is -2.62. The van der Waals surface area contributed by atoms with Crippen LogP contribution >= 0.6 is 24.0 Å². The van der Waals surface area contributed by atoms with E-state index < -0.39 is 21.8 Å². The molecule has 4 N–H and O–H groups in total. The molecule has 0 heterocycles. The summed E-state index contributed by atoms with van der Waals surface area (Å²) in [6, 6.07) is 17.4. The maximum atomic E-state index is 13.1. The fourth-order valence-electron chi connectivity index (χ4n) is 3.63. The third kappa shape index (κ3) is 6.99. The smallest absolute Gasteiger partial charge is 0.255 e. The van der Waals surface area contributed by atoms with Gasteiger partial charge in [0, 0.05) is 17.6 Å². The van der Waals surface area contributed by atoms with Crippen molar-refractivity contribution < 1.29 is 23.4 Å². The third-order valence-electron chi connectivity index (χ3n) is 5.83. The topological polar surface area (TPSA) is 116 Å². The molecule has 3 aromatic rings. The van der Waals surface area contributed by atoms with Crippen LogP contribution in [0.2, 0.25) is 5.02 Å². The van der Waals surface area contributed by atoms with E-state index in [1.165, 1.54) is 30.3 Å². The number of phenols is 1. The lowest BCUT2D eigenvalue weighted by Gasteiger charge is -2.13. The Kier molecular flexibility index (Phi) is 9.38. The lowest BCUT2D eigenvalue weighted by molar-refractivity contribution is 0.0948. The first-order chi connectivity index (χ1) is 16.7. The molecule has 0 spiro atoms. The zero-order chi connectivity index (χ0) is 25.0. The zero-order valence-electron chi connectivity index (χ0n) is 19.4. The van der Waals surface area contributed by atoms with Crippen LogP contribution in [-0.2, 0) is 16.3 Å². The van der Waals surface area contributed by atoms with E-state index in [9.17, 15) is 23.4 Å². The predicted molar refractivity (Wildman–Crippen MR) is 141 cm³/mol. The molecular formula is C26H28Cl2N2O5S. The number of amides is 1. The number of aliphatic hydroxyl groups is 1. The van der Waals surface area contributed by atoms with Gasteiger partial charge in [-0.15, -0.1) is 12.4 Å². The minimum absolute atomic E-state index is 0. The van der Waals surface area contributed by atoms with Crippen molar-refractivity contribution in [2.24, 2.45) is 0 Å². The number of nitrogens with one attached hydrogen (secondary N) is 2. The number of aliphatic hydroxyl groups excluding tert-OH is 1. The van der Waals surface area contributed by atoms with Crippen LogP contribution in [0, 0.1) is 0 Å². The molecule has 7 nitrogen and oxygen atoms in total. The van der Waals surface area contributed by atoms with Gasteiger partial charge < -0.3 is 20.8 Å². The fourth-order valence-corrected chi connectivity index (χ4v) is 5.12. The Labute approximate surface area is 221 Å². The molecule has 0 radical (unpaired) electrons. The van der Waals surface area contributed by atoms with Crippen molar-refractivity contribution in [2.45, 2.75) is 41.2 Å². The Bertz CT molecular complexity index is 1310. The minimum atomic E-state index is -3.86. The van der Waals surface area contributed by atoms with Gasteiger partial charge in [-0.25, -0.2) is 8.42 Å². The first-order valence-electron chi connectivity index (χ1n) is 11.4. The first-order valence-corrected chi connectivity index (χ1v) is 13.2. The molecule has 36 heavy (non-hydrogen) atoms. The average Bonchev–Trinajstić information content (AvgIpc) is 3.66. The second-order valence-corrected chi connectivity index (χ2v) is 11.0. The molecule has 10 heteroatoms. The van der Waals surface area contributed by atoms with Crippen LogP contribution in [0.15, 0.2) is 76.5 Å². The minimum Gasteiger partial charge on any atom is -0.507 e. The largest absolute Gasteiger partial charge is 0.507 e. The summed E-state index contributed by atoms with van der Waals surface area (Å²) in [4.78, 5) is 12.4. The number of hydrogen-bond donors (Lipinski definition) is 4. The summed E-state index contributed by atoms with van der Waals surface area (Å²) < 4.78 is 26.2. The van der Waals surface area contributed by atoms with Crippen molar-refractivity contribution >= 4 is 39.8 Å². The summed E-state index contributed by atoms with van der Waals surface area (Å²) in [6.45, 7) is 0.964. The van der Waals surface area contributed by atoms with Gasteiger partial charge in [0.2, 0.25) is 9.84 Å². The summed E-state index contributed by atoms with van der Waals surface area (Å²) in [5.74, 6) is -0.740. The second kappa shape index (κ2) is 12.1. The number of hydrogen-bond acceptors (Lipinski definition) is 6. The Morgan fingerprint density at radius 2 is 1.72 bits per heavy atom. The van der Waals surface area contributed by atoms with Gasteiger partial charge in [0.25, 0.3) is 5.91 Å². The third-order valence-corrected chi connectivity index (χ3v) is 7.83. The molecule has 1 atom stereocenters. The first kappa shape index (κ1) is 28.0. The van der Waals surface area contributed by atoms with Crippen LogP contribution in [0.4, 0.5) is 0 Å². The summed E-state index contributed by atoms with van der Waals surface area (Å²) in [5, 5.41) is 26.8. The van der Waals surface area contributed by atoms with Crippen LogP contribution < -0.4 is 10.6 Å². The fraction of sp³-hybridized carbons (Fsp3) is 0.269. The highest BCUT2D eigenvalue weighted by Gasteiger charge is 2.26. The molecule has 0 unspecified atom stereocenters. The van der Waals surface area contributed by atoms with Gasteiger partial charge in [-0.1, -0.05) is 35.9 Å². The summed E-state index contributed by atoms with van der Waals surface area (Å²) in [6.07, 6.45) is 1.74. The van der Waals surface area contributed by atoms with Crippen LogP contribution in [0.1, 0.15) is 40.4 Å². The molecule has 4 rings (SSSR count). The molecule has 1 aliphatic rings. The van der Waals surface area contributed by atoms with E-state index in [2.05, 4.69) is 10.6 Å². The number of rotatable bonds is 10. The summed E-state index contributed by atoms with van der Waals surface area (Å²) in [5.41, 5.74) is 1.62. The van der Waals surface area contributed by atoms with E-state index in [1.54, 1.807) is 30.3 Å². The number of sulfone groups is 1. The molecule has 0 saturated heterocycles. The SMILES string of the molecule is Cl.O=C(NC1CC1)c1cc(S(=O)(=O)c2ccc(CCNC[C@@H](O)c3cccc(Cl)c3)cc2)ccc1O. The number of phenolic OH excluding ortho intramolecular Hbond substituents is 1. The molecule has 192 valence electrons. The van der Waals surface area contributed by atoms with Crippen LogP contribution in [0.3, 0.4) is 0 Å². The van der Waals surface area contributed by atoms with Gasteiger partial charge in [0.1, 0.15) is 5.75 Å². The molecule has 1 aliphatic carbocycles. The van der Waals surface area contributed by atoms with E-state index in [1.807, 2.05) is 6.07 Å². The highest BCUT2D eigenvalue weighted by atomic mass is 35.5. The number of carbonyl (C=O) groups is 1. The molecule has 1 amide bonds. The Balaban J connectivity index is 0.00000361. The van der Waals surface area contributed by atoms with E-state index in [4.69, 9.17) is 11.6 Å². The number of benzene rings is 3. The van der Waals surface area contributed by atoms with Crippen molar-refractivity contribution in [3.63, 3.8) is 0 Å². The number of halogens is 2. The van der Waals surface area contributed by atoms with Crippen molar-refractivity contribution in [2.75, 3.05) is 13.1 Å². The van der Waals surface area contributed by atoms with Crippen molar-refractivity contribution in [1.29, 1.82) is 0 Å². The lowest BCUT2D eigenvalue weighted by atomic mass is 10.1. The number of aromatic hydroxyl groups is 1. The average molecular weight is 551 g/mol. The zero-order valence-corrected chi connectivity index (χ0v) is 21.7. The highest BCUT2D eigenvalue weighted by molar-refractivity contribution is 7.91. The maximum Gasteiger partial charge on any atom is 0.255 e. The predicted octanol–water partition coefficient (Wildman–Crippen LogP) is 4.06. The normalized spacial score (nSPS) is 14.1. The van der Waals surface area contributed by atoms with Crippen LogP contribution in [0.5, 0.6) is 5.75 Å². The maximum absolute atomic E-state index is 13.1. The Morgan fingerprint density at radius 1 is 1.03 bits per heavy atom. The van der Waals surface area contributed by atoms with E-state index in [0.29, 0.717) is 24.5 Å². The van der Waals surface area contributed by atoms with E-state index in [0.717, 1.165) is 24.0 Å².